The molecule has 0 aliphatic heterocycles. The van der Waals surface area contributed by atoms with Crippen LogP contribution in [0.1, 0.15) is 31.4 Å². The summed E-state index contributed by atoms with van der Waals surface area (Å²) in [7, 11) is -3.27. The van der Waals surface area contributed by atoms with Crippen molar-refractivity contribution >= 4 is 16.0 Å². The molecule has 1 rings (SSSR count). The number of benzene rings is 1. The van der Waals surface area contributed by atoms with Gasteiger partial charge in [-0.05, 0) is 31.0 Å². The Morgan fingerprint density at radius 3 is 2.43 bits per heavy atom. The van der Waals surface area contributed by atoms with Crippen LogP contribution in [0, 0.1) is 5.82 Å². The van der Waals surface area contributed by atoms with E-state index in [2.05, 4.69) is 15.6 Å². The highest BCUT2D eigenvalue weighted by Gasteiger charge is 2.33. The molecule has 0 radical (unpaired) electrons. The van der Waals surface area contributed by atoms with Gasteiger partial charge in [-0.2, -0.15) is 13.2 Å². The van der Waals surface area contributed by atoms with Gasteiger partial charge in [0.2, 0.25) is 10.0 Å². The van der Waals surface area contributed by atoms with Crippen LogP contribution < -0.4 is 10.6 Å². The van der Waals surface area contributed by atoms with Crippen molar-refractivity contribution in [2.45, 2.75) is 33.0 Å². The van der Waals surface area contributed by atoms with E-state index in [1.165, 1.54) is 4.31 Å². The van der Waals surface area contributed by atoms with Crippen LogP contribution in [0.25, 0.3) is 0 Å². The van der Waals surface area contributed by atoms with Crippen LogP contribution in [-0.4, -0.2) is 51.1 Å². The van der Waals surface area contributed by atoms with Crippen LogP contribution in [0.3, 0.4) is 0 Å². The van der Waals surface area contributed by atoms with Gasteiger partial charge in [0.15, 0.2) is 5.96 Å². The summed E-state index contributed by atoms with van der Waals surface area (Å²) in [6.07, 6.45) is -3.04. The van der Waals surface area contributed by atoms with Crippen LogP contribution in [-0.2, 0) is 22.7 Å². The number of rotatable bonds is 9. The second-order valence-corrected chi connectivity index (χ2v) is 8.01. The third-order valence-corrected chi connectivity index (χ3v) is 5.21. The molecule has 2 N–H and O–H groups in total. The third-order valence-electron chi connectivity index (χ3n) is 3.83. The first-order chi connectivity index (χ1) is 13.0. The number of alkyl halides is 3. The maximum Gasteiger partial charge on any atom is 0.416 e. The lowest BCUT2D eigenvalue weighted by atomic mass is 10.1. The average Bonchev–Trinajstić information content (AvgIpc) is 2.58. The van der Waals surface area contributed by atoms with E-state index in [1.807, 2.05) is 0 Å². The summed E-state index contributed by atoms with van der Waals surface area (Å²) in [4.78, 5) is 4.11. The normalized spacial score (nSPS) is 13.1. The van der Waals surface area contributed by atoms with Gasteiger partial charge in [0.25, 0.3) is 0 Å². The highest BCUT2D eigenvalue weighted by molar-refractivity contribution is 7.88. The van der Waals surface area contributed by atoms with Crippen molar-refractivity contribution in [2.24, 2.45) is 4.99 Å². The van der Waals surface area contributed by atoms with Crippen LogP contribution >= 0.6 is 0 Å². The summed E-state index contributed by atoms with van der Waals surface area (Å²) in [6.45, 7) is 4.81. The molecule has 11 heteroatoms. The predicted octanol–water partition coefficient (Wildman–Crippen LogP) is 2.57. The Morgan fingerprint density at radius 1 is 1.21 bits per heavy atom. The second-order valence-electron chi connectivity index (χ2n) is 6.03. The fraction of sp³-hybridized carbons (Fsp3) is 0.588. The first kappa shape index (κ1) is 24.2. The number of hydrogen-bond acceptors (Lipinski definition) is 3. The van der Waals surface area contributed by atoms with Crippen molar-refractivity contribution in [1.29, 1.82) is 0 Å². The summed E-state index contributed by atoms with van der Waals surface area (Å²) >= 11 is 0. The molecule has 0 saturated carbocycles. The molecule has 0 aliphatic rings. The first-order valence-corrected chi connectivity index (χ1v) is 10.7. The lowest BCUT2D eigenvalue weighted by Crippen LogP contribution is -2.39. The number of hydrogen-bond donors (Lipinski definition) is 2. The summed E-state index contributed by atoms with van der Waals surface area (Å²) in [5, 5.41) is 5.86. The van der Waals surface area contributed by atoms with Gasteiger partial charge >= 0.3 is 6.18 Å². The molecule has 0 unspecified atom stereocenters. The number of nitrogens with one attached hydrogen (secondary N) is 2. The second kappa shape index (κ2) is 10.6. The lowest BCUT2D eigenvalue weighted by Gasteiger charge is -2.18. The molecule has 0 aliphatic carbocycles. The summed E-state index contributed by atoms with van der Waals surface area (Å²) < 4.78 is 76.7. The van der Waals surface area contributed by atoms with E-state index in [-0.39, 0.29) is 12.1 Å². The molecule has 1 aromatic rings. The molecular formula is C17H26F4N4O2S. The Hall–Kier alpha value is -1.88. The zero-order chi connectivity index (χ0) is 21.4. The van der Waals surface area contributed by atoms with Crippen molar-refractivity contribution in [2.75, 3.05) is 32.4 Å². The van der Waals surface area contributed by atoms with E-state index < -0.39 is 27.6 Å². The van der Waals surface area contributed by atoms with Crippen molar-refractivity contribution < 1.29 is 26.0 Å². The number of aliphatic imine (C=N–C) groups is 1. The van der Waals surface area contributed by atoms with Crippen LogP contribution in [0.4, 0.5) is 17.6 Å². The molecule has 0 atom stereocenters. The van der Waals surface area contributed by atoms with Crippen LogP contribution in [0.5, 0.6) is 0 Å². The van der Waals surface area contributed by atoms with Gasteiger partial charge in [0.05, 0.1) is 18.4 Å². The topological polar surface area (TPSA) is 73.8 Å². The number of halogens is 4. The van der Waals surface area contributed by atoms with Gasteiger partial charge in [-0.25, -0.2) is 22.1 Å². The zero-order valence-electron chi connectivity index (χ0n) is 16.1. The largest absolute Gasteiger partial charge is 0.416 e. The highest BCUT2D eigenvalue weighted by atomic mass is 32.2. The molecular weight excluding hydrogens is 400 g/mol. The standard InChI is InChI=1S/C17H26F4N4O2S/c1-4-22-16(23-9-6-10-25(5-2)28(3,26)27)24-12-13-7-8-14(18)11-15(13)17(19,20)21/h7-8,11H,4-6,9-10,12H2,1-3H3,(H2,22,23,24). The summed E-state index contributed by atoms with van der Waals surface area (Å²) in [6, 6.07) is 2.48. The Morgan fingerprint density at radius 2 is 1.89 bits per heavy atom. The maximum atomic E-state index is 13.2. The fourth-order valence-corrected chi connectivity index (χ4v) is 3.41. The Balaban J connectivity index is 2.76. The Labute approximate surface area is 163 Å². The summed E-state index contributed by atoms with van der Waals surface area (Å²) in [5.74, 6) is -0.668. The molecule has 0 bridgehead atoms. The van der Waals surface area contributed by atoms with Gasteiger partial charge in [0, 0.05) is 26.2 Å². The van der Waals surface area contributed by atoms with E-state index in [0.29, 0.717) is 44.6 Å². The van der Waals surface area contributed by atoms with Gasteiger partial charge in [-0.3, -0.25) is 0 Å². The van der Waals surface area contributed by atoms with Crippen molar-refractivity contribution in [3.05, 3.63) is 35.1 Å². The molecule has 0 saturated heterocycles. The van der Waals surface area contributed by atoms with E-state index in [1.54, 1.807) is 13.8 Å². The minimum atomic E-state index is -4.67. The molecule has 6 nitrogen and oxygen atoms in total. The molecule has 28 heavy (non-hydrogen) atoms. The minimum absolute atomic E-state index is 0.139. The number of nitrogens with zero attached hydrogens (tertiary/aromatic N) is 2. The number of sulfonamides is 1. The third kappa shape index (κ3) is 8.01. The minimum Gasteiger partial charge on any atom is -0.357 e. The van der Waals surface area contributed by atoms with Gasteiger partial charge in [-0.15, -0.1) is 0 Å². The van der Waals surface area contributed by atoms with E-state index in [0.717, 1.165) is 18.4 Å². The highest BCUT2D eigenvalue weighted by Crippen LogP contribution is 2.32. The van der Waals surface area contributed by atoms with Gasteiger partial charge < -0.3 is 10.6 Å². The maximum absolute atomic E-state index is 13.2. The van der Waals surface area contributed by atoms with Gasteiger partial charge in [-0.1, -0.05) is 13.0 Å². The SMILES string of the molecule is CCNC(=NCc1ccc(F)cc1C(F)(F)F)NCCCN(CC)S(C)(=O)=O. The average molecular weight is 426 g/mol. The molecule has 0 fully saturated rings. The van der Waals surface area contributed by atoms with E-state index in [9.17, 15) is 26.0 Å². The van der Waals surface area contributed by atoms with Crippen molar-refractivity contribution in [3.8, 4) is 0 Å². The Bertz CT molecular complexity index is 767. The molecule has 160 valence electrons. The molecule has 0 spiro atoms. The summed E-state index contributed by atoms with van der Waals surface area (Å²) in [5.41, 5.74) is -1.20. The van der Waals surface area contributed by atoms with Gasteiger partial charge in [0.1, 0.15) is 5.82 Å². The monoisotopic (exact) mass is 426 g/mol. The predicted molar refractivity (Wildman–Crippen MR) is 101 cm³/mol. The quantitative estimate of drug-likeness (QED) is 0.276. The van der Waals surface area contributed by atoms with E-state index in [4.69, 9.17) is 0 Å². The zero-order valence-corrected chi connectivity index (χ0v) is 16.9. The van der Waals surface area contributed by atoms with E-state index >= 15 is 0 Å². The number of guanidine groups is 1. The first-order valence-electron chi connectivity index (χ1n) is 8.82. The van der Waals surface area contributed by atoms with Crippen molar-refractivity contribution in [1.82, 2.24) is 14.9 Å². The van der Waals surface area contributed by atoms with Crippen molar-refractivity contribution in [3.63, 3.8) is 0 Å². The smallest absolute Gasteiger partial charge is 0.357 e. The fourth-order valence-electron chi connectivity index (χ4n) is 2.48. The lowest BCUT2D eigenvalue weighted by molar-refractivity contribution is -0.138. The van der Waals surface area contributed by atoms with Crippen LogP contribution in [0.2, 0.25) is 0 Å². The Kier molecular flexibility index (Phi) is 9.15. The molecule has 0 amide bonds. The van der Waals surface area contributed by atoms with Crippen LogP contribution in [0.15, 0.2) is 23.2 Å². The molecule has 0 aromatic heterocycles. The molecule has 1 aromatic carbocycles. The molecule has 0 heterocycles.